The molecule has 0 saturated heterocycles. The average Bonchev–Trinajstić information content (AvgIpc) is 2.98. The van der Waals surface area contributed by atoms with E-state index in [2.05, 4.69) is 25.7 Å². The normalized spacial score (nSPS) is 47.2. The minimum Gasteiger partial charge on any atom is -0.377 e. The molecule has 4 aliphatic rings. The molecule has 0 aliphatic heterocycles. The Balaban J connectivity index is 1.43. The summed E-state index contributed by atoms with van der Waals surface area (Å²) in [5.41, 5.74) is 0.738. The van der Waals surface area contributed by atoms with E-state index in [0.29, 0.717) is 11.3 Å². The van der Waals surface area contributed by atoms with Crippen LogP contribution in [-0.2, 0) is 0 Å². The Bertz CT molecular complexity index is 787. The molecule has 4 aliphatic carbocycles. The molecule has 4 saturated carbocycles. The minimum absolute atomic E-state index is 0.0339. The van der Waals surface area contributed by atoms with Crippen LogP contribution in [0.3, 0.4) is 0 Å². The predicted octanol–water partition coefficient (Wildman–Crippen LogP) is 6.20. The van der Waals surface area contributed by atoms with Gasteiger partial charge in [0, 0.05) is 11.0 Å². The molecule has 150 valence electrons. The van der Waals surface area contributed by atoms with E-state index in [1.165, 1.54) is 51.4 Å². The highest BCUT2D eigenvalue weighted by Gasteiger charge is 2.64. The van der Waals surface area contributed by atoms with Crippen molar-refractivity contribution < 1.29 is 5.11 Å². The molecule has 28 heavy (non-hydrogen) atoms. The summed E-state index contributed by atoms with van der Waals surface area (Å²) in [6, 6.07) is 10.2. The van der Waals surface area contributed by atoms with Crippen LogP contribution in [-0.4, -0.2) is 10.7 Å². The molecule has 0 unspecified atom stereocenters. The van der Waals surface area contributed by atoms with E-state index < -0.39 is 5.60 Å². The lowest BCUT2D eigenvalue weighted by molar-refractivity contribution is -0.134. The van der Waals surface area contributed by atoms with Gasteiger partial charge in [0.15, 0.2) is 0 Å². The van der Waals surface area contributed by atoms with E-state index in [1.807, 2.05) is 30.3 Å². The van der Waals surface area contributed by atoms with E-state index in [9.17, 15) is 5.11 Å². The van der Waals surface area contributed by atoms with Crippen molar-refractivity contribution in [3.05, 3.63) is 35.9 Å². The zero-order valence-electron chi connectivity index (χ0n) is 17.7. The minimum atomic E-state index is -0.817. The average molecular weight is 377 g/mol. The molecule has 0 spiro atoms. The van der Waals surface area contributed by atoms with E-state index in [0.717, 1.165) is 36.2 Å². The van der Waals surface area contributed by atoms with Gasteiger partial charge in [-0.25, -0.2) is 0 Å². The van der Waals surface area contributed by atoms with Gasteiger partial charge in [-0.1, -0.05) is 56.7 Å². The van der Waals surface area contributed by atoms with Gasteiger partial charge >= 0.3 is 0 Å². The third kappa shape index (κ3) is 2.64. The van der Waals surface area contributed by atoms with Gasteiger partial charge in [0.05, 0.1) is 0 Å². The van der Waals surface area contributed by atoms with Gasteiger partial charge < -0.3 is 5.11 Å². The second-order valence-electron chi connectivity index (χ2n) is 10.9. The Kier molecular flexibility index (Phi) is 4.44. The summed E-state index contributed by atoms with van der Waals surface area (Å²) < 4.78 is 0. The van der Waals surface area contributed by atoms with Crippen molar-refractivity contribution in [2.24, 2.45) is 34.5 Å². The number of fused-ring (bicyclic) bond motifs is 5. The maximum absolute atomic E-state index is 11.7. The van der Waals surface area contributed by atoms with Crippen molar-refractivity contribution in [3.8, 4) is 11.8 Å². The van der Waals surface area contributed by atoms with Crippen molar-refractivity contribution in [2.45, 2.75) is 83.7 Å². The molecule has 7 atom stereocenters. The molecule has 0 aromatic heterocycles. The lowest BCUT2D eigenvalue weighted by Gasteiger charge is -2.60. The van der Waals surface area contributed by atoms with Gasteiger partial charge in [0.2, 0.25) is 0 Å². The van der Waals surface area contributed by atoms with Gasteiger partial charge in [-0.15, -0.1) is 0 Å². The van der Waals surface area contributed by atoms with Crippen molar-refractivity contribution in [1.29, 1.82) is 0 Å². The van der Waals surface area contributed by atoms with Crippen molar-refractivity contribution in [3.63, 3.8) is 0 Å². The highest BCUT2D eigenvalue weighted by molar-refractivity contribution is 5.38. The van der Waals surface area contributed by atoms with Gasteiger partial charge in [-0.05, 0) is 92.6 Å². The third-order valence-corrected chi connectivity index (χ3v) is 9.92. The van der Waals surface area contributed by atoms with Gasteiger partial charge in [0.1, 0.15) is 5.60 Å². The molecule has 1 N–H and O–H groups in total. The first-order valence-electron chi connectivity index (χ1n) is 11.8. The predicted molar refractivity (Wildman–Crippen MR) is 115 cm³/mol. The second-order valence-corrected chi connectivity index (χ2v) is 10.9. The lowest BCUT2D eigenvalue weighted by Crippen LogP contribution is -2.55. The summed E-state index contributed by atoms with van der Waals surface area (Å²) >= 11 is 0. The van der Waals surface area contributed by atoms with Gasteiger partial charge in [-0.2, -0.15) is 0 Å². The van der Waals surface area contributed by atoms with Crippen molar-refractivity contribution >= 4 is 0 Å². The molecule has 0 radical (unpaired) electrons. The zero-order valence-corrected chi connectivity index (χ0v) is 17.7. The van der Waals surface area contributed by atoms with Crippen LogP contribution in [0, 0.1) is 46.3 Å². The van der Waals surface area contributed by atoms with E-state index in [4.69, 9.17) is 0 Å². The quantitative estimate of drug-likeness (QED) is 0.534. The van der Waals surface area contributed by atoms with E-state index in [-0.39, 0.29) is 5.41 Å². The Hall–Kier alpha value is -1.26. The molecule has 5 rings (SSSR count). The first-order valence-corrected chi connectivity index (χ1v) is 11.8. The maximum Gasteiger partial charge on any atom is 0.131 e. The standard InChI is InChI=1S/C27H36O/c1-25-16-7-6-10-21(25)11-12-22-23(25)14-17-26(2)24(22)15-19-27(26,28)18-13-20-8-4-3-5-9-20/h3-5,8-9,21-24,28H,6-7,10-12,14-17,19H2,1-2H3/t21-,22-,23+,24-,25+,26-,27-/m1/s1. The molecule has 1 aromatic rings. The molecule has 0 amide bonds. The summed E-state index contributed by atoms with van der Waals surface area (Å²) in [6.07, 6.45) is 13.1. The molecule has 0 heterocycles. The molecular formula is C27H36O. The molecular weight excluding hydrogens is 340 g/mol. The van der Waals surface area contributed by atoms with E-state index >= 15 is 0 Å². The summed E-state index contributed by atoms with van der Waals surface area (Å²) in [7, 11) is 0. The smallest absolute Gasteiger partial charge is 0.131 e. The molecule has 1 aromatic carbocycles. The monoisotopic (exact) mass is 376 g/mol. The fourth-order valence-electron chi connectivity index (χ4n) is 8.21. The number of rotatable bonds is 0. The first-order chi connectivity index (χ1) is 13.5. The fourth-order valence-corrected chi connectivity index (χ4v) is 8.21. The molecule has 1 nitrogen and oxygen atoms in total. The SMILES string of the molecule is C[C@]12CCCC[C@@H]1CC[C@H]1[C@H]3CC[C@](O)(C#Cc4ccccc4)[C@]3(C)CC[C@@H]12. The maximum atomic E-state index is 11.7. The lowest BCUT2D eigenvalue weighted by atomic mass is 9.44. The van der Waals surface area contributed by atoms with Crippen molar-refractivity contribution in [1.82, 2.24) is 0 Å². The summed E-state index contributed by atoms with van der Waals surface area (Å²) in [5, 5.41) is 11.7. The Morgan fingerprint density at radius 2 is 1.64 bits per heavy atom. The largest absolute Gasteiger partial charge is 0.377 e. The summed E-state index contributed by atoms with van der Waals surface area (Å²) in [4.78, 5) is 0. The molecule has 1 heteroatoms. The van der Waals surface area contributed by atoms with Crippen molar-refractivity contribution in [2.75, 3.05) is 0 Å². The van der Waals surface area contributed by atoms with Crippen LogP contribution in [0.15, 0.2) is 30.3 Å². The van der Waals surface area contributed by atoms with Crippen LogP contribution in [0.2, 0.25) is 0 Å². The van der Waals surface area contributed by atoms with Crippen LogP contribution >= 0.6 is 0 Å². The Labute approximate surface area is 171 Å². The first kappa shape index (κ1) is 18.7. The molecule has 4 fully saturated rings. The van der Waals surface area contributed by atoms with Gasteiger partial charge in [0.25, 0.3) is 0 Å². The van der Waals surface area contributed by atoms with Gasteiger partial charge in [-0.3, -0.25) is 0 Å². The third-order valence-electron chi connectivity index (χ3n) is 9.92. The van der Waals surface area contributed by atoms with Crippen LogP contribution in [0.5, 0.6) is 0 Å². The summed E-state index contributed by atoms with van der Waals surface area (Å²) in [5.74, 6) is 10.0. The van der Waals surface area contributed by atoms with E-state index in [1.54, 1.807) is 0 Å². The van der Waals surface area contributed by atoms with Crippen LogP contribution in [0.1, 0.15) is 83.6 Å². The topological polar surface area (TPSA) is 20.2 Å². The number of benzene rings is 1. The Morgan fingerprint density at radius 3 is 2.46 bits per heavy atom. The van der Waals surface area contributed by atoms with Crippen LogP contribution < -0.4 is 0 Å². The Morgan fingerprint density at radius 1 is 0.857 bits per heavy atom. The number of aliphatic hydroxyl groups is 1. The van der Waals surface area contributed by atoms with Crippen LogP contribution in [0.25, 0.3) is 0 Å². The molecule has 0 bridgehead atoms. The zero-order chi connectivity index (χ0) is 19.4. The highest BCUT2D eigenvalue weighted by atomic mass is 16.3. The fraction of sp³-hybridized carbons (Fsp3) is 0.704. The number of hydrogen-bond donors (Lipinski definition) is 1. The highest BCUT2D eigenvalue weighted by Crippen LogP contribution is 2.68. The second kappa shape index (κ2) is 6.63. The summed E-state index contributed by atoms with van der Waals surface area (Å²) in [6.45, 7) is 5.00. The van der Waals surface area contributed by atoms with Crippen LogP contribution in [0.4, 0.5) is 0 Å². The number of hydrogen-bond acceptors (Lipinski definition) is 1.